The average Bonchev–Trinajstić information content (AvgIpc) is 3.13. The number of carbonyl (C=O) groups is 2. The monoisotopic (exact) mass is 469 g/mol. The number of hydrogen-bond acceptors (Lipinski definition) is 5. The van der Waals surface area contributed by atoms with Crippen LogP contribution in [0.2, 0.25) is 0 Å². The Labute approximate surface area is 192 Å². The van der Waals surface area contributed by atoms with Crippen LogP contribution in [0.1, 0.15) is 41.0 Å². The Morgan fingerprint density at radius 3 is 2.48 bits per heavy atom. The quantitative estimate of drug-likeness (QED) is 0.556. The molecule has 10 heteroatoms. The number of nitrogens with one attached hydrogen (secondary N) is 2. The van der Waals surface area contributed by atoms with Crippen molar-refractivity contribution in [1.82, 2.24) is 24.7 Å². The zero-order valence-corrected chi connectivity index (χ0v) is 19.5. The third-order valence-corrected chi connectivity index (χ3v) is 7.81. The van der Waals surface area contributed by atoms with E-state index in [2.05, 4.69) is 15.8 Å². The summed E-state index contributed by atoms with van der Waals surface area (Å²) in [4.78, 5) is 29.7. The Balaban J connectivity index is 1.44. The van der Waals surface area contributed by atoms with Gasteiger partial charge in [-0.05, 0) is 49.6 Å². The van der Waals surface area contributed by atoms with Crippen molar-refractivity contribution in [2.45, 2.75) is 37.5 Å². The third-order valence-electron chi connectivity index (χ3n) is 5.92. The van der Waals surface area contributed by atoms with Gasteiger partial charge in [-0.15, -0.1) is 0 Å². The number of piperidine rings is 1. The van der Waals surface area contributed by atoms with Crippen LogP contribution in [-0.4, -0.2) is 47.2 Å². The van der Waals surface area contributed by atoms with Crippen LogP contribution >= 0.6 is 0 Å². The first-order chi connectivity index (χ1) is 15.8. The maximum atomic E-state index is 13.0. The lowest BCUT2D eigenvalue weighted by Crippen LogP contribution is -2.43. The van der Waals surface area contributed by atoms with E-state index < -0.39 is 21.8 Å². The van der Waals surface area contributed by atoms with E-state index in [9.17, 15) is 18.0 Å². The molecule has 1 fully saturated rings. The van der Waals surface area contributed by atoms with Crippen LogP contribution in [0.15, 0.2) is 47.4 Å². The van der Waals surface area contributed by atoms with E-state index in [4.69, 9.17) is 0 Å². The second kappa shape index (κ2) is 9.32. The largest absolute Gasteiger partial charge is 0.331 e. The molecule has 2 amide bonds. The van der Waals surface area contributed by atoms with Crippen LogP contribution in [0.3, 0.4) is 0 Å². The lowest BCUT2D eigenvalue weighted by molar-refractivity contribution is -0.121. The SMILES string of the molecule is Cc1ccc(S(=O)(=O)N2CCCCC2)cc1C(=O)NNC(=O)Cc1nc2ccccc2n1C. The highest BCUT2D eigenvalue weighted by Gasteiger charge is 2.27. The maximum Gasteiger partial charge on any atom is 0.269 e. The molecule has 4 rings (SSSR count). The molecule has 33 heavy (non-hydrogen) atoms. The molecule has 0 atom stereocenters. The van der Waals surface area contributed by atoms with Gasteiger partial charge in [0.2, 0.25) is 15.9 Å². The van der Waals surface area contributed by atoms with E-state index in [1.807, 2.05) is 35.9 Å². The fraction of sp³-hybridized carbons (Fsp3) is 0.348. The molecule has 2 heterocycles. The first-order valence-corrected chi connectivity index (χ1v) is 12.3. The first kappa shape index (κ1) is 22.9. The molecule has 0 bridgehead atoms. The summed E-state index contributed by atoms with van der Waals surface area (Å²) in [6.45, 7) is 2.68. The van der Waals surface area contributed by atoms with E-state index in [0.717, 1.165) is 30.3 Å². The molecule has 2 aromatic carbocycles. The molecule has 2 N–H and O–H groups in total. The predicted octanol–water partition coefficient (Wildman–Crippen LogP) is 2.06. The number of benzene rings is 2. The fourth-order valence-electron chi connectivity index (χ4n) is 4.00. The summed E-state index contributed by atoms with van der Waals surface area (Å²) in [7, 11) is -1.84. The van der Waals surface area contributed by atoms with Crippen molar-refractivity contribution in [2.75, 3.05) is 13.1 Å². The Hall–Kier alpha value is -3.24. The summed E-state index contributed by atoms with van der Waals surface area (Å²) in [5, 5.41) is 0. The standard InChI is InChI=1S/C23H27N5O4S/c1-16-10-11-17(33(31,32)28-12-6-3-7-13-28)14-18(16)23(30)26-25-22(29)15-21-24-19-8-4-5-9-20(19)27(21)2/h4-5,8-11,14H,3,6-7,12-13,15H2,1-2H3,(H,25,29)(H,26,30). The summed E-state index contributed by atoms with van der Waals surface area (Å²) < 4.78 is 29.2. The maximum absolute atomic E-state index is 13.0. The second-order valence-electron chi connectivity index (χ2n) is 8.20. The van der Waals surface area contributed by atoms with Gasteiger partial charge in [-0.2, -0.15) is 4.31 Å². The highest BCUT2D eigenvalue weighted by molar-refractivity contribution is 7.89. The zero-order valence-electron chi connectivity index (χ0n) is 18.7. The lowest BCUT2D eigenvalue weighted by Gasteiger charge is -2.26. The lowest BCUT2D eigenvalue weighted by atomic mass is 10.1. The Kier molecular flexibility index (Phi) is 6.48. The van der Waals surface area contributed by atoms with Crippen molar-refractivity contribution < 1.29 is 18.0 Å². The molecule has 1 saturated heterocycles. The normalized spacial score (nSPS) is 14.8. The molecule has 174 valence electrons. The van der Waals surface area contributed by atoms with Gasteiger partial charge in [-0.25, -0.2) is 13.4 Å². The first-order valence-electron chi connectivity index (χ1n) is 10.9. The summed E-state index contributed by atoms with van der Waals surface area (Å²) in [5.41, 5.74) is 7.28. The van der Waals surface area contributed by atoms with Gasteiger partial charge >= 0.3 is 0 Å². The molecule has 9 nitrogen and oxygen atoms in total. The Morgan fingerprint density at radius 1 is 1.03 bits per heavy atom. The van der Waals surface area contributed by atoms with Crippen molar-refractivity contribution in [2.24, 2.45) is 7.05 Å². The number of imidazole rings is 1. The molecule has 0 aliphatic carbocycles. The van der Waals surface area contributed by atoms with E-state index in [0.29, 0.717) is 24.5 Å². The van der Waals surface area contributed by atoms with Crippen LogP contribution in [0.25, 0.3) is 11.0 Å². The van der Waals surface area contributed by atoms with Crippen LogP contribution in [0.4, 0.5) is 0 Å². The molecule has 3 aromatic rings. The summed E-state index contributed by atoms with van der Waals surface area (Å²) in [6, 6.07) is 12.0. The molecule has 1 aliphatic rings. The molecule has 0 spiro atoms. The molecule has 0 unspecified atom stereocenters. The number of sulfonamides is 1. The number of fused-ring (bicyclic) bond motifs is 1. The predicted molar refractivity (Wildman–Crippen MR) is 124 cm³/mol. The third kappa shape index (κ3) is 4.76. The molecular weight excluding hydrogens is 442 g/mol. The van der Waals surface area contributed by atoms with Crippen molar-refractivity contribution in [1.29, 1.82) is 0 Å². The van der Waals surface area contributed by atoms with Crippen molar-refractivity contribution in [3.05, 3.63) is 59.4 Å². The van der Waals surface area contributed by atoms with Crippen LogP contribution < -0.4 is 10.9 Å². The van der Waals surface area contributed by atoms with Crippen LogP contribution in [0.5, 0.6) is 0 Å². The number of aryl methyl sites for hydroxylation is 2. The van der Waals surface area contributed by atoms with Gasteiger partial charge in [0.15, 0.2) is 0 Å². The van der Waals surface area contributed by atoms with Gasteiger partial charge < -0.3 is 4.57 Å². The molecule has 1 aromatic heterocycles. The zero-order chi connectivity index (χ0) is 23.6. The number of hydrazine groups is 1. The smallest absolute Gasteiger partial charge is 0.269 e. The van der Waals surface area contributed by atoms with Gasteiger partial charge in [0, 0.05) is 25.7 Å². The summed E-state index contributed by atoms with van der Waals surface area (Å²) >= 11 is 0. The Bertz CT molecular complexity index is 1310. The minimum atomic E-state index is -3.67. The highest BCUT2D eigenvalue weighted by atomic mass is 32.2. The van der Waals surface area contributed by atoms with Gasteiger partial charge in [0.25, 0.3) is 5.91 Å². The van der Waals surface area contributed by atoms with Crippen molar-refractivity contribution in [3.8, 4) is 0 Å². The average molecular weight is 470 g/mol. The number of nitrogens with zero attached hydrogens (tertiary/aromatic N) is 3. The van der Waals surface area contributed by atoms with Gasteiger partial charge in [0.05, 0.1) is 22.3 Å². The van der Waals surface area contributed by atoms with Crippen molar-refractivity contribution in [3.63, 3.8) is 0 Å². The van der Waals surface area contributed by atoms with Crippen molar-refractivity contribution >= 4 is 32.9 Å². The minimum absolute atomic E-state index is 0.0200. The molecular formula is C23H27N5O4S. The number of aromatic nitrogens is 2. The number of carbonyl (C=O) groups excluding carboxylic acids is 2. The molecule has 0 saturated carbocycles. The minimum Gasteiger partial charge on any atom is -0.331 e. The van der Waals surface area contributed by atoms with E-state index in [1.165, 1.54) is 16.4 Å². The van der Waals surface area contributed by atoms with E-state index >= 15 is 0 Å². The number of hydrogen-bond donors (Lipinski definition) is 2. The van der Waals surface area contributed by atoms with E-state index in [-0.39, 0.29) is 16.9 Å². The summed E-state index contributed by atoms with van der Waals surface area (Å²) in [5.74, 6) is -0.452. The number of para-hydroxylation sites is 2. The highest BCUT2D eigenvalue weighted by Crippen LogP contribution is 2.23. The topological polar surface area (TPSA) is 113 Å². The van der Waals surface area contributed by atoms with Crippen LogP contribution in [0, 0.1) is 6.92 Å². The van der Waals surface area contributed by atoms with E-state index in [1.54, 1.807) is 13.0 Å². The fourth-order valence-corrected chi connectivity index (χ4v) is 5.54. The Morgan fingerprint density at radius 2 is 1.76 bits per heavy atom. The molecule has 1 aliphatic heterocycles. The van der Waals surface area contributed by atoms with Crippen LogP contribution in [-0.2, 0) is 28.3 Å². The van der Waals surface area contributed by atoms with Gasteiger partial charge in [-0.3, -0.25) is 20.4 Å². The molecule has 0 radical (unpaired) electrons. The van der Waals surface area contributed by atoms with Gasteiger partial charge in [0.1, 0.15) is 5.82 Å². The van der Waals surface area contributed by atoms with Gasteiger partial charge in [-0.1, -0.05) is 24.6 Å². The second-order valence-corrected chi connectivity index (χ2v) is 10.1. The summed E-state index contributed by atoms with van der Waals surface area (Å²) in [6.07, 6.45) is 2.65. The number of rotatable bonds is 5. The number of amides is 2.